The summed E-state index contributed by atoms with van der Waals surface area (Å²) in [6, 6.07) is 5.07. The molecule has 8 nitrogen and oxygen atoms in total. The van der Waals surface area contributed by atoms with Crippen LogP contribution in [0.5, 0.6) is 11.5 Å². The van der Waals surface area contributed by atoms with Crippen molar-refractivity contribution < 1.29 is 24.1 Å². The van der Waals surface area contributed by atoms with E-state index in [-0.39, 0.29) is 28.0 Å². The maximum Gasteiger partial charge on any atom is 0.243 e. The maximum atomic E-state index is 11.8. The predicted molar refractivity (Wildman–Crippen MR) is 143 cm³/mol. The lowest BCUT2D eigenvalue weighted by molar-refractivity contribution is -0.117. The van der Waals surface area contributed by atoms with Crippen LogP contribution in [0.3, 0.4) is 0 Å². The molecule has 0 bridgehead atoms. The highest BCUT2D eigenvalue weighted by Gasteiger charge is 2.36. The fourth-order valence-electron chi connectivity index (χ4n) is 4.19. The number of carbonyl (C=O) groups excluding carboxylic acids is 1. The zero-order chi connectivity index (χ0) is 26.0. The van der Waals surface area contributed by atoms with Gasteiger partial charge in [-0.2, -0.15) is 0 Å². The molecule has 2 aromatic heterocycles. The van der Waals surface area contributed by atoms with Gasteiger partial charge >= 0.3 is 0 Å². The minimum Gasteiger partial charge on any atom is -0.495 e. The Morgan fingerprint density at radius 2 is 1.94 bits per heavy atom. The molecule has 0 radical (unpaired) electrons. The largest absolute Gasteiger partial charge is 0.495 e. The molecule has 0 aliphatic carbocycles. The SMILES string of the molecule is C=CC(=O)NC1CCOCC1Nc1cc2cc(C(C)(O)c3c(Cl)c(OC)cc(OC)c3Cl)sc2cn1. The van der Waals surface area contributed by atoms with Gasteiger partial charge in [-0.3, -0.25) is 4.79 Å². The Balaban J connectivity index is 1.66. The van der Waals surface area contributed by atoms with Gasteiger partial charge in [0.05, 0.1) is 47.7 Å². The van der Waals surface area contributed by atoms with Crippen LogP contribution in [0.25, 0.3) is 10.1 Å². The van der Waals surface area contributed by atoms with Crippen LogP contribution in [0, 0.1) is 0 Å². The number of aromatic nitrogens is 1. The second-order valence-electron chi connectivity index (χ2n) is 8.51. The molecule has 1 saturated heterocycles. The van der Waals surface area contributed by atoms with Crippen LogP contribution < -0.4 is 20.1 Å². The van der Waals surface area contributed by atoms with Gasteiger partial charge in [0, 0.05) is 29.3 Å². The number of hydrogen-bond acceptors (Lipinski definition) is 8. The van der Waals surface area contributed by atoms with E-state index in [0.29, 0.717) is 47.4 Å². The van der Waals surface area contributed by atoms with Crippen molar-refractivity contribution in [2.24, 2.45) is 0 Å². The summed E-state index contributed by atoms with van der Waals surface area (Å²) < 4.78 is 17.2. The normalized spacial score (nSPS) is 19.4. The third-order valence-corrected chi connectivity index (χ3v) is 8.19. The molecule has 0 spiro atoms. The van der Waals surface area contributed by atoms with Gasteiger partial charge in [0.15, 0.2) is 0 Å². The predicted octanol–water partition coefficient (Wildman–Crippen LogP) is 4.75. The number of halogens is 2. The van der Waals surface area contributed by atoms with E-state index in [1.54, 1.807) is 19.2 Å². The van der Waals surface area contributed by atoms with Gasteiger partial charge in [0.25, 0.3) is 0 Å². The van der Waals surface area contributed by atoms with Crippen molar-refractivity contribution in [3.63, 3.8) is 0 Å². The number of thiophene rings is 1. The Morgan fingerprint density at radius 3 is 2.58 bits per heavy atom. The second kappa shape index (κ2) is 10.8. The number of methoxy groups -OCH3 is 2. The molecule has 36 heavy (non-hydrogen) atoms. The maximum absolute atomic E-state index is 11.8. The summed E-state index contributed by atoms with van der Waals surface area (Å²) in [6.45, 7) is 6.14. The topological polar surface area (TPSA) is 102 Å². The lowest BCUT2D eigenvalue weighted by Crippen LogP contribution is -2.52. The molecule has 3 aromatic rings. The number of amides is 1. The Labute approximate surface area is 223 Å². The molecule has 1 fully saturated rings. The molecule has 1 amide bonds. The summed E-state index contributed by atoms with van der Waals surface area (Å²) >= 11 is 14.5. The average molecular weight is 552 g/mol. The molecule has 3 unspecified atom stereocenters. The Hall–Kier alpha value is -2.56. The number of carbonyl (C=O) groups is 1. The van der Waals surface area contributed by atoms with Crippen molar-refractivity contribution in [3.05, 3.63) is 57.5 Å². The first-order valence-electron chi connectivity index (χ1n) is 11.2. The molecule has 4 rings (SSSR count). The van der Waals surface area contributed by atoms with Gasteiger partial charge in [-0.05, 0) is 36.9 Å². The van der Waals surface area contributed by atoms with E-state index < -0.39 is 5.60 Å². The van der Waals surface area contributed by atoms with Crippen LogP contribution in [0.2, 0.25) is 10.0 Å². The van der Waals surface area contributed by atoms with E-state index in [2.05, 4.69) is 22.2 Å². The van der Waals surface area contributed by atoms with Crippen molar-refractivity contribution in [3.8, 4) is 11.5 Å². The number of nitrogens with zero attached hydrogens (tertiary/aromatic N) is 1. The highest BCUT2D eigenvalue weighted by molar-refractivity contribution is 7.19. The summed E-state index contributed by atoms with van der Waals surface area (Å²) in [6.07, 6.45) is 3.67. The zero-order valence-electron chi connectivity index (χ0n) is 20.1. The fraction of sp³-hybridized carbons (Fsp3) is 0.360. The van der Waals surface area contributed by atoms with E-state index in [1.165, 1.54) is 31.6 Å². The molecular weight excluding hydrogens is 525 g/mol. The van der Waals surface area contributed by atoms with Crippen LogP contribution in [-0.2, 0) is 15.1 Å². The quantitative estimate of drug-likeness (QED) is 0.347. The number of aliphatic hydroxyl groups is 1. The van der Waals surface area contributed by atoms with Crippen LogP contribution in [0.1, 0.15) is 23.8 Å². The van der Waals surface area contributed by atoms with E-state index in [0.717, 1.165) is 10.1 Å². The molecule has 11 heteroatoms. The number of anilines is 1. The Morgan fingerprint density at radius 1 is 1.25 bits per heavy atom. The van der Waals surface area contributed by atoms with Crippen LogP contribution in [0.4, 0.5) is 5.82 Å². The van der Waals surface area contributed by atoms with Gasteiger partial charge in [0.2, 0.25) is 5.91 Å². The van der Waals surface area contributed by atoms with Crippen molar-refractivity contribution in [1.82, 2.24) is 10.3 Å². The Bertz CT molecular complexity index is 1270. The number of hydrogen-bond donors (Lipinski definition) is 3. The second-order valence-corrected chi connectivity index (χ2v) is 10.3. The van der Waals surface area contributed by atoms with Crippen molar-refractivity contribution >= 4 is 56.3 Å². The molecule has 192 valence electrons. The van der Waals surface area contributed by atoms with Crippen molar-refractivity contribution in [1.29, 1.82) is 0 Å². The first kappa shape index (κ1) is 26.5. The third-order valence-electron chi connectivity index (χ3n) is 6.15. The van der Waals surface area contributed by atoms with Gasteiger partial charge in [0.1, 0.15) is 22.9 Å². The minimum atomic E-state index is -1.54. The Kier molecular flexibility index (Phi) is 7.96. The summed E-state index contributed by atoms with van der Waals surface area (Å²) in [7, 11) is 2.97. The number of pyridine rings is 1. The molecule has 1 aliphatic heterocycles. The van der Waals surface area contributed by atoms with E-state index >= 15 is 0 Å². The highest BCUT2D eigenvalue weighted by atomic mass is 35.5. The summed E-state index contributed by atoms with van der Waals surface area (Å²) in [5.41, 5.74) is -1.25. The van der Waals surface area contributed by atoms with Crippen LogP contribution in [0.15, 0.2) is 37.1 Å². The molecule has 1 aliphatic rings. The molecule has 3 atom stereocenters. The molecule has 1 aromatic carbocycles. The third kappa shape index (κ3) is 5.12. The smallest absolute Gasteiger partial charge is 0.243 e. The number of nitrogens with one attached hydrogen (secondary N) is 2. The molecular formula is C25H27Cl2N3O5S. The van der Waals surface area contributed by atoms with Gasteiger partial charge in [-0.1, -0.05) is 29.8 Å². The molecule has 3 heterocycles. The van der Waals surface area contributed by atoms with Gasteiger partial charge in [-0.15, -0.1) is 11.3 Å². The van der Waals surface area contributed by atoms with E-state index in [9.17, 15) is 9.90 Å². The lowest BCUT2D eigenvalue weighted by Gasteiger charge is -2.32. The summed E-state index contributed by atoms with van der Waals surface area (Å²) in [5, 5.41) is 19.3. The first-order valence-corrected chi connectivity index (χ1v) is 12.8. The first-order chi connectivity index (χ1) is 17.2. The monoisotopic (exact) mass is 551 g/mol. The zero-order valence-corrected chi connectivity index (χ0v) is 22.4. The summed E-state index contributed by atoms with van der Waals surface area (Å²) in [5.74, 6) is 1.08. The standard InChI is InChI=1S/C25H27Cl2N3O5S/c1-5-21(31)30-14-6-7-35-12-15(14)29-20-9-13-8-19(36-18(13)11-28-20)25(2,32)22-23(26)16(33-3)10-17(34-4)24(22)27/h5,8-11,14-15,32H,1,6-7,12H2,2-4H3,(H,28,29)(H,30,31). The molecule has 3 N–H and O–H groups in total. The number of rotatable bonds is 8. The number of ether oxygens (including phenoxy) is 3. The lowest BCUT2D eigenvalue weighted by atomic mass is 9.93. The number of benzene rings is 1. The van der Waals surface area contributed by atoms with Gasteiger partial charge in [-0.25, -0.2) is 4.98 Å². The van der Waals surface area contributed by atoms with E-state index in [4.69, 9.17) is 37.4 Å². The van der Waals surface area contributed by atoms with Crippen molar-refractivity contribution in [2.75, 3.05) is 32.8 Å². The average Bonchev–Trinajstić information content (AvgIpc) is 3.30. The van der Waals surface area contributed by atoms with Crippen molar-refractivity contribution in [2.45, 2.75) is 31.0 Å². The summed E-state index contributed by atoms with van der Waals surface area (Å²) in [4.78, 5) is 17.0. The minimum absolute atomic E-state index is 0.118. The van der Waals surface area contributed by atoms with Crippen LogP contribution in [-0.4, -0.2) is 55.5 Å². The van der Waals surface area contributed by atoms with Crippen LogP contribution >= 0.6 is 34.5 Å². The number of fused-ring (bicyclic) bond motifs is 1. The van der Waals surface area contributed by atoms with Gasteiger partial charge < -0.3 is 30.0 Å². The fourth-order valence-corrected chi connectivity index (χ4v) is 6.12. The van der Waals surface area contributed by atoms with E-state index in [1.807, 2.05) is 12.1 Å². The highest BCUT2D eigenvalue weighted by Crippen LogP contribution is 2.49. The molecule has 0 saturated carbocycles.